The van der Waals surface area contributed by atoms with Gasteiger partial charge in [-0.25, -0.2) is 4.79 Å². The van der Waals surface area contributed by atoms with Crippen LogP contribution < -0.4 is 10.6 Å². The van der Waals surface area contributed by atoms with Crippen LogP contribution in [0.2, 0.25) is 0 Å². The van der Waals surface area contributed by atoms with Gasteiger partial charge in [-0.1, -0.05) is 5.16 Å². The first kappa shape index (κ1) is 16.3. The van der Waals surface area contributed by atoms with Crippen LogP contribution >= 0.6 is 0 Å². The number of urea groups is 1. The Morgan fingerprint density at radius 3 is 2.68 bits per heavy atom. The largest absolute Gasteiger partial charge is 0.360 e. The number of amides is 3. The Balaban J connectivity index is 1.58. The van der Waals surface area contributed by atoms with Crippen molar-refractivity contribution in [3.8, 4) is 0 Å². The van der Waals surface area contributed by atoms with Crippen molar-refractivity contribution in [1.29, 1.82) is 0 Å². The second-order valence-electron chi connectivity index (χ2n) is 5.49. The molecule has 1 aliphatic rings. The Kier molecular flexibility index (Phi) is 5.76. The van der Waals surface area contributed by atoms with E-state index in [0.717, 1.165) is 26.2 Å². The first-order chi connectivity index (χ1) is 10.5. The SMILES string of the molecule is Cc1cc(NC(=O)NCCCC(=O)N2CCN(C)CC2)no1. The smallest absolute Gasteiger partial charge is 0.320 e. The number of hydrogen-bond donors (Lipinski definition) is 2. The summed E-state index contributed by atoms with van der Waals surface area (Å²) in [7, 11) is 2.06. The van der Waals surface area contributed by atoms with Crippen molar-refractivity contribution in [3.05, 3.63) is 11.8 Å². The fraction of sp³-hybridized carbons (Fsp3) is 0.643. The lowest BCUT2D eigenvalue weighted by Crippen LogP contribution is -2.47. The molecule has 8 nitrogen and oxygen atoms in total. The molecule has 1 aliphatic heterocycles. The van der Waals surface area contributed by atoms with E-state index in [-0.39, 0.29) is 11.9 Å². The summed E-state index contributed by atoms with van der Waals surface area (Å²) in [5.74, 6) is 1.17. The number of rotatable bonds is 5. The summed E-state index contributed by atoms with van der Waals surface area (Å²) in [6.45, 7) is 5.61. The molecule has 2 rings (SSSR count). The van der Waals surface area contributed by atoms with Crippen molar-refractivity contribution in [2.24, 2.45) is 0 Å². The van der Waals surface area contributed by atoms with Gasteiger partial charge in [-0.05, 0) is 20.4 Å². The number of carbonyl (C=O) groups excluding carboxylic acids is 2. The first-order valence-corrected chi connectivity index (χ1v) is 7.49. The van der Waals surface area contributed by atoms with Gasteiger partial charge in [-0.15, -0.1) is 0 Å². The van der Waals surface area contributed by atoms with E-state index in [2.05, 4.69) is 27.7 Å². The number of nitrogens with zero attached hydrogens (tertiary/aromatic N) is 3. The van der Waals surface area contributed by atoms with Crippen LogP contribution in [-0.2, 0) is 4.79 Å². The molecule has 0 bridgehead atoms. The highest BCUT2D eigenvalue weighted by molar-refractivity contribution is 5.88. The molecule has 1 aromatic heterocycles. The third kappa shape index (κ3) is 5.03. The number of likely N-dealkylation sites (N-methyl/N-ethyl adjacent to an activating group) is 1. The lowest BCUT2D eigenvalue weighted by Gasteiger charge is -2.32. The Morgan fingerprint density at radius 1 is 1.32 bits per heavy atom. The van der Waals surface area contributed by atoms with E-state index < -0.39 is 0 Å². The molecule has 0 saturated carbocycles. The van der Waals surface area contributed by atoms with E-state index in [1.165, 1.54) is 0 Å². The van der Waals surface area contributed by atoms with Crippen LogP contribution in [0.1, 0.15) is 18.6 Å². The molecule has 2 heterocycles. The topological polar surface area (TPSA) is 90.7 Å². The molecule has 0 atom stereocenters. The molecule has 0 aromatic carbocycles. The van der Waals surface area contributed by atoms with Gasteiger partial charge in [0.05, 0.1) is 0 Å². The fourth-order valence-corrected chi connectivity index (χ4v) is 2.24. The molecule has 2 N–H and O–H groups in total. The maximum atomic E-state index is 12.0. The van der Waals surface area contributed by atoms with Crippen LogP contribution in [-0.4, -0.2) is 66.7 Å². The standard InChI is InChI=1S/C14H23N5O3/c1-11-10-12(17-22-11)16-14(21)15-5-3-4-13(20)19-8-6-18(2)7-9-19/h10H,3-9H2,1-2H3,(H2,15,16,17,21). The van der Waals surface area contributed by atoms with Crippen LogP contribution in [0.5, 0.6) is 0 Å². The monoisotopic (exact) mass is 309 g/mol. The van der Waals surface area contributed by atoms with Gasteiger partial charge in [0, 0.05) is 45.2 Å². The molecule has 8 heteroatoms. The Bertz CT molecular complexity index is 508. The summed E-state index contributed by atoms with van der Waals surface area (Å²) in [6, 6.07) is 1.29. The number of anilines is 1. The Morgan fingerprint density at radius 2 is 2.05 bits per heavy atom. The van der Waals surface area contributed by atoms with Crippen molar-refractivity contribution >= 4 is 17.8 Å². The van der Waals surface area contributed by atoms with Gasteiger partial charge in [0.15, 0.2) is 5.82 Å². The number of aryl methyl sites for hydroxylation is 1. The average molecular weight is 309 g/mol. The molecule has 0 unspecified atom stereocenters. The highest BCUT2D eigenvalue weighted by Crippen LogP contribution is 2.06. The van der Waals surface area contributed by atoms with Crippen LogP contribution in [0.25, 0.3) is 0 Å². The second kappa shape index (κ2) is 7.79. The van der Waals surface area contributed by atoms with Gasteiger partial charge >= 0.3 is 6.03 Å². The fourth-order valence-electron chi connectivity index (χ4n) is 2.24. The highest BCUT2D eigenvalue weighted by Gasteiger charge is 2.18. The molecule has 3 amide bonds. The van der Waals surface area contributed by atoms with Gasteiger partial charge in [-0.3, -0.25) is 10.1 Å². The van der Waals surface area contributed by atoms with Crippen molar-refractivity contribution < 1.29 is 14.1 Å². The number of aromatic nitrogens is 1. The van der Waals surface area contributed by atoms with Gasteiger partial charge in [0.1, 0.15) is 5.76 Å². The molecular weight excluding hydrogens is 286 g/mol. The van der Waals surface area contributed by atoms with E-state index in [1.54, 1.807) is 13.0 Å². The summed E-state index contributed by atoms with van der Waals surface area (Å²) in [5.41, 5.74) is 0. The lowest BCUT2D eigenvalue weighted by molar-refractivity contribution is -0.132. The zero-order valence-electron chi connectivity index (χ0n) is 13.1. The average Bonchev–Trinajstić information content (AvgIpc) is 2.89. The van der Waals surface area contributed by atoms with Gasteiger partial charge < -0.3 is 19.6 Å². The third-order valence-corrected chi connectivity index (χ3v) is 3.58. The molecule has 1 aromatic rings. The first-order valence-electron chi connectivity index (χ1n) is 7.49. The number of carbonyl (C=O) groups is 2. The van der Waals surface area contributed by atoms with Crippen molar-refractivity contribution in [1.82, 2.24) is 20.3 Å². The number of piperazine rings is 1. The lowest BCUT2D eigenvalue weighted by atomic mass is 10.2. The van der Waals surface area contributed by atoms with Crippen LogP contribution in [0.15, 0.2) is 10.6 Å². The minimum atomic E-state index is -0.347. The van der Waals surface area contributed by atoms with Crippen LogP contribution in [0.3, 0.4) is 0 Å². The maximum absolute atomic E-state index is 12.0. The van der Waals surface area contributed by atoms with E-state index in [9.17, 15) is 9.59 Å². The summed E-state index contributed by atoms with van der Waals surface area (Å²) in [5, 5.41) is 8.93. The highest BCUT2D eigenvalue weighted by atomic mass is 16.5. The number of hydrogen-bond acceptors (Lipinski definition) is 5. The molecule has 0 aliphatic carbocycles. The molecule has 1 saturated heterocycles. The Hall–Kier alpha value is -2.09. The summed E-state index contributed by atoms with van der Waals surface area (Å²) < 4.78 is 4.85. The predicted molar refractivity (Wildman–Crippen MR) is 81.6 cm³/mol. The quantitative estimate of drug-likeness (QED) is 0.780. The van der Waals surface area contributed by atoms with Crippen molar-refractivity contribution in [2.45, 2.75) is 19.8 Å². The minimum Gasteiger partial charge on any atom is -0.360 e. The van der Waals surface area contributed by atoms with E-state index in [1.807, 2.05) is 4.90 Å². The Labute approximate surface area is 129 Å². The predicted octanol–water partition coefficient (Wildman–Crippen LogP) is 0.659. The molecule has 0 spiro atoms. The van der Waals surface area contributed by atoms with Gasteiger partial charge in [-0.2, -0.15) is 0 Å². The summed E-state index contributed by atoms with van der Waals surface area (Å²) in [4.78, 5) is 27.7. The zero-order valence-corrected chi connectivity index (χ0v) is 13.1. The van der Waals surface area contributed by atoms with Crippen molar-refractivity contribution in [3.63, 3.8) is 0 Å². The zero-order chi connectivity index (χ0) is 15.9. The number of nitrogens with one attached hydrogen (secondary N) is 2. The van der Waals surface area contributed by atoms with E-state index >= 15 is 0 Å². The molecule has 1 fully saturated rings. The van der Waals surface area contributed by atoms with Crippen molar-refractivity contribution in [2.75, 3.05) is 45.1 Å². The van der Waals surface area contributed by atoms with E-state index in [4.69, 9.17) is 4.52 Å². The minimum absolute atomic E-state index is 0.155. The van der Waals surface area contributed by atoms with Gasteiger partial charge in [0.25, 0.3) is 0 Å². The van der Waals surface area contributed by atoms with Crippen LogP contribution in [0, 0.1) is 6.92 Å². The molecular formula is C14H23N5O3. The normalized spacial score (nSPS) is 15.6. The summed E-state index contributed by atoms with van der Waals surface area (Å²) in [6.07, 6.45) is 1.07. The molecule has 22 heavy (non-hydrogen) atoms. The maximum Gasteiger partial charge on any atom is 0.320 e. The van der Waals surface area contributed by atoms with Gasteiger partial charge in [0.2, 0.25) is 5.91 Å². The second-order valence-corrected chi connectivity index (χ2v) is 5.49. The van der Waals surface area contributed by atoms with Crippen LogP contribution in [0.4, 0.5) is 10.6 Å². The molecule has 122 valence electrons. The van der Waals surface area contributed by atoms with E-state index in [0.29, 0.717) is 31.0 Å². The molecule has 0 radical (unpaired) electrons. The summed E-state index contributed by atoms with van der Waals surface area (Å²) >= 11 is 0. The third-order valence-electron chi connectivity index (χ3n) is 3.58.